The van der Waals surface area contributed by atoms with Gasteiger partial charge in [-0.2, -0.15) is 0 Å². The molecular weight excluding hydrogens is 504 g/mol. The van der Waals surface area contributed by atoms with Gasteiger partial charge in [-0.25, -0.2) is 4.79 Å². The molecule has 4 amide bonds. The van der Waals surface area contributed by atoms with Crippen LogP contribution in [0.25, 0.3) is 0 Å². The van der Waals surface area contributed by atoms with E-state index in [9.17, 15) is 19.2 Å². The summed E-state index contributed by atoms with van der Waals surface area (Å²) >= 11 is 0. The van der Waals surface area contributed by atoms with Crippen LogP contribution in [0.4, 0.5) is 4.79 Å². The highest BCUT2D eigenvalue weighted by atomic mass is 16.5. The van der Waals surface area contributed by atoms with Gasteiger partial charge in [0.2, 0.25) is 11.8 Å². The summed E-state index contributed by atoms with van der Waals surface area (Å²) in [5, 5.41) is 5.70. The SMILES string of the molecule is NC(=O)OCc1ccc2c(c1OCc1ccc(C[C@H]3CNCCO3)cc1)CN(C1CCCC(=O)NC1=O)C2=O. The van der Waals surface area contributed by atoms with Crippen LogP contribution in [0, 0.1) is 0 Å². The van der Waals surface area contributed by atoms with Gasteiger partial charge >= 0.3 is 6.09 Å². The Hall–Kier alpha value is -3.96. The number of morpholine rings is 1. The highest BCUT2D eigenvalue weighted by Crippen LogP contribution is 2.37. The summed E-state index contributed by atoms with van der Waals surface area (Å²) in [6, 6.07) is 10.6. The van der Waals surface area contributed by atoms with Crippen LogP contribution in [-0.4, -0.2) is 60.6 Å². The van der Waals surface area contributed by atoms with Gasteiger partial charge in [-0.3, -0.25) is 19.7 Å². The van der Waals surface area contributed by atoms with Crippen molar-refractivity contribution >= 4 is 23.8 Å². The van der Waals surface area contributed by atoms with Crippen LogP contribution >= 0.6 is 0 Å². The second-order valence-electron chi connectivity index (χ2n) is 9.95. The zero-order valence-electron chi connectivity index (χ0n) is 21.6. The van der Waals surface area contributed by atoms with Crippen LogP contribution in [0.3, 0.4) is 0 Å². The molecule has 3 heterocycles. The van der Waals surface area contributed by atoms with E-state index >= 15 is 0 Å². The number of nitrogens with two attached hydrogens (primary N) is 1. The third kappa shape index (κ3) is 6.21. The Bertz CT molecular complexity index is 1260. The molecule has 2 aromatic rings. The van der Waals surface area contributed by atoms with Crippen molar-refractivity contribution in [3.05, 3.63) is 64.2 Å². The number of nitrogens with zero attached hydrogens (tertiary/aromatic N) is 1. The maximum atomic E-state index is 13.3. The highest BCUT2D eigenvalue weighted by molar-refractivity contribution is 6.04. The first-order valence-electron chi connectivity index (χ1n) is 13.1. The molecule has 1 unspecified atom stereocenters. The Morgan fingerprint density at radius 2 is 1.87 bits per heavy atom. The lowest BCUT2D eigenvalue weighted by atomic mass is 10.0. The molecule has 4 N–H and O–H groups in total. The van der Waals surface area contributed by atoms with Gasteiger partial charge in [0.05, 0.1) is 19.3 Å². The predicted octanol–water partition coefficient (Wildman–Crippen LogP) is 1.54. The highest BCUT2D eigenvalue weighted by Gasteiger charge is 2.39. The van der Waals surface area contributed by atoms with E-state index in [4.69, 9.17) is 19.9 Å². The quantitative estimate of drug-likeness (QED) is 0.430. The van der Waals surface area contributed by atoms with Crippen molar-refractivity contribution < 1.29 is 33.4 Å². The van der Waals surface area contributed by atoms with Crippen molar-refractivity contribution in [1.82, 2.24) is 15.5 Å². The van der Waals surface area contributed by atoms with E-state index in [-0.39, 0.29) is 44.1 Å². The van der Waals surface area contributed by atoms with Crippen molar-refractivity contribution in [1.29, 1.82) is 0 Å². The lowest BCUT2D eigenvalue weighted by Crippen LogP contribution is -2.46. The van der Waals surface area contributed by atoms with Crippen LogP contribution in [0.2, 0.25) is 0 Å². The fourth-order valence-corrected chi connectivity index (χ4v) is 5.23. The van der Waals surface area contributed by atoms with Gasteiger partial charge in [0.25, 0.3) is 5.91 Å². The second kappa shape index (κ2) is 11.8. The molecule has 2 atom stereocenters. The minimum Gasteiger partial charge on any atom is -0.488 e. The van der Waals surface area contributed by atoms with Gasteiger partial charge in [0.15, 0.2) is 0 Å². The monoisotopic (exact) mass is 536 g/mol. The summed E-state index contributed by atoms with van der Waals surface area (Å²) in [6.45, 7) is 2.64. The summed E-state index contributed by atoms with van der Waals surface area (Å²) in [7, 11) is 0. The number of fused-ring (bicyclic) bond motifs is 1. The van der Waals surface area contributed by atoms with Crippen LogP contribution in [-0.2, 0) is 45.2 Å². The fourth-order valence-electron chi connectivity index (χ4n) is 5.23. The van der Waals surface area contributed by atoms with Crippen LogP contribution in [0.5, 0.6) is 5.75 Å². The Morgan fingerprint density at radius 3 is 2.62 bits per heavy atom. The van der Waals surface area contributed by atoms with Crippen LogP contribution < -0.4 is 21.1 Å². The maximum Gasteiger partial charge on any atom is 0.404 e. The minimum atomic E-state index is -0.924. The minimum absolute atomic E-state index is 0.126. The summed E-state index contributed by atoms with van der Waals surface area (Å²) < 4.78 is 17.1. The molecule has 3 aliphatic heterocycles. The number of rotatable bonds is 8. The van der Waals surface area contributed by atoms with Gasteiger partial charge in [0.1, 0.15) is 25.0 Å². The molecule has 5 rings (SSSR count). The second-order valence-corrected chi connectivity index (χ2v) is 9.95. The molecule has 11 heteroatoms. The van der Waals surface area contributed by atoms with E-state index in [1.165, 1.54) is 4.90 Å². The Labute approximate surface area is 225 Å². The molecule has 2 saturated heterocycles. The molecule has 0 aliphatic carbocycles. The standard InChI is InChI=1S/C28H32N4O7/c29-28(36)39-16-19-8-9-21-22(14-32(27(21)35)23-2-1-3-24(33)31-26(23)34)25(19)38-15-18-6-4-17(5-7-18)12-20-13-30-10-11-37-20/h4-9,20,23,30H,1-3,10-16H2,(H2,29,36)(H,31,33,34)/t20-,23?/m0/s1. The van der Waals surface area contributed by atoms with Crippen LogP contribution in [0.15, 0.2) is 36.4 Å². The average molecular weight is 537 g/mol. The molecule has 0 radical (unpaired) electrons. The molecule has 0 bridgehead atoms. The molecule has 0 aromatic heterocycles. The first kappa shape index (κ1) is 26.6. The van der Waals surface area contributed by atoms with Crippen molar-refractivity contribution in [3.8, 4) is 5.75 Å². The van der Waals surface area contributed by atoms with E-state index in [1.807, 2.05) is 24.3 Å². The Morgan fingerprint density at radius 1 is 1.08 bits per heavy atom. The number of imide groups is 1. The Kier molecular flexibility index (Phi) is 8.08. The number of hydrogen-bond donors (Lipinski definition) is 3. The summed E-state index contributed by atoms with van der Waals surface area (Å²) in [6.07, 6.45) is 1.17. The molecule has 11 nitrogen and oxygen atoms in total. The topological polar surface area (TPSA) is 149 Å². The normalized spacial score (nSPS) is 21.2. The van der Waals surface area contributed by atoms with Crippen LogP contribution in [0.1, 0.15) is 51.9 Å². The maximum absolute atomic E-state index is 13.3. The molecule has 3 aliphatic rings. The van der Waals surface area contributed by atoms with Crippen molar-refractivity contribution in [2.75, 3.05) is 19.7 Å². The van der Waals surface area contributed by atoms with Crippen molar-refractivity contribution in [2.45, 2.75) is 57.6 Å². The fraction of sp³-hybridized carbons (Fsp3) is 0.429. The lowest BCUT2D eigenvalue weighted by molar-refractivity contribution is -0.132. The number of carbonyl (C=O) groups excluding carboxylic acids is 4. The molecule has 206 valence electrons. The number of carbonyl (C=O) groups is 4. The molecule has 0 spiro atoms. The average Bonchev–Trinajstić information content (AvgIpc) is 3.15. The van der Waals surface area contributed by atoms with Gasteiger partial charge in [-0.1, -0.05) is 30.3 Å². The van der Waals surface area contributed by atoms with Gasteiger partial charge in [0, 0.05) is 36.2 Å². The molecule has 39 heavy (non-hydrogen) atoms. The van der Waals surface area contributed by atoms with Gasteiger partial charge < -0.3 is 30.2 Å². The van der Waals surface area contributed by atoms with E-state index in [2.05, 4.69) is 10.6 Å². The van der Waals surface area contributed by atoms with Gasteiger partial charge in [-0.15, -0.1) is 0 Å². The van der Waals surface area contributed by atoms with E-state index < -0.39 is 18.0 Å². The number of amides is 4. The van der Waals surface area contributed by atoms with Crippen molar-refractivity contribution in [2.24, 2.45) is 5.73 Å². The zero-order valence-corrected chi connectivity index (χ0v) is 21.6. The summed E-state index contributed by atoms with van der Waals surface area (Å²) in [5.74, 6) is -0.709. The smallest absolute Gasteiger partial charge is 0.404 e. The summed E-state index contributed by atoms with van der Waals surface area (Å²) in [4.78, 5) is 50.6. The number of benzene rings is 2. The number of nitrogens with one attached hydrogen (secondary N) is 2. The van der Waals surface area contributed by atoms with Crippen molar-refractivity contribution in [3.63, 3.8) is 0 Å². The first-order valence-corrected chi connectivity index (χ1v) is 13.1. The molecule has 2 aromatic carbocycles. The number of primary amides is 1. The zero-order chi connectivity index (χ0) is 27.4. The van der Waals surface area contributed by atoms with E-state index in [0.717, 1.165) is 30.6 Å². The van der Waals surface area contributed by atoms with Gasteiger partial charge in [-0.05, 0) is 36.5 Å². The first-order chi connectivity index (χ1) is 18.9. The largest absolute Gasteiger partial charge is 0.488 e. The Balaban J connectivity index is 1.34. The van der Waals surface area contributed by atoms with E-state index in [1.54, 1.807) is 12.1 Å². The summed E-state index contributed by atoms with van der Waals surface area (Å²) in [5.41, 5.74) is 8.83. The third-order valence-corrected chi connectivity index (χ3v) is 7.23. The number of ether oxygens (including phenoxy) is 3. The predicted molar refractivity (Wildman–Crippen MR) is 139 cm³/mol. The number of hydrogen-bond acceptors (Lipinski definition) is 8. The molecule has 0 saturated carbocycles. The third-order valence-electron chi connectivity index (χ3n) is 7.23. The molecular formula is C28H32N4O7. The lowest BCUT2D eigenvalue weighted by Gasteiger charge is -2.25. The van der Waals surface area contributed by atoms with E-state index in [0.29, 0.717) is 41.9 Å². The molecule has 2 fully saturated rings.